The lowest BCUT2D eigenvalue weighted by Crippen LogP contribution is -2.23. The molecule has 0 aromatic carbocycles. The van der Waals surface area contributed by atoms with Crippen molar-refractivity contribution < 1.29 is 13.6 Å². The third-order valence-electron chi connectivity index (χ3n) is 2.39. The largest absolute Gasteiger partial charge is 0.348 e. The molecular weight excluding hydrogens is 284 g/mol. The zero-order valence-electron chi connectivity index (χ0n) is 10.3. The van der Waals surface area contributed by atoms with Gasteiger partial charge < -0.3 is 5.32 Å². The highest BCUT2D eigenvalue weighted by Gasteiger charge is 2.16. The molecule has 0 saturated heterocycles. The van der Waals surface area contributed by atoms with Crippen molar-refractivity contribution in [2.75, 3.05) is 0 Å². The summed E-state index contributed by atoms with van der Waals surface area (Å²) in [4.78, 5) is 19.7. The molecule has 2 aromatic heterocycles. The van der Waals surface area contributed by atoms with Crippen LogP contribution in [0.5, 0.6) is 0 Å². The van der Waals surface area contributed by atoms with Crippen molar-refractivity contribution >= 4 is 17.7 Å². The maximum atomic E-state index is 12.4. The van der Waals surface area contributed by atoms with Crippen molar-refractivity contribution in [3.63, 3.8) is 0 Å². The zero-order chi connectivity index (χ0) is 14.4. The second-order valence-electron chi connectivity index (χ2n) is 3.78. The quantitative estimate of drug-likeness (QED) is 0.862. The number of thioether (sulfide) groups is 1. The first kappa shape index (κ1) is 14.4. The zero-order valence-corrected chi connectivity index (χ0v) is 11.1. The third kappa shape index (κ3) is 3.99. The van der Waals surface area contributed by atoms with Gasteiger partial charge in [0.05, 0.1) is 5.56 Å². The van der Waals surface area contributed by atoms with Gasteiger partial charge in [-0.2, -0.15) is 8.78 Å². The molecular formula is C13H11F2N3OS. The number of hydrogen-bond donors (Lipinski definition) is 1. The summed E-state index contributed by atoms with van der Waals surface area (Å²) in [7, 11) is 0. The fourth-order valence-corrected chi connectivity index (χ4v) is 2.10. The Morgan fingerprint density at radius 3 is 2.80 bits per heavy atom. The van der Waals surface area contributed by atoms with Crippen LogP contribution in [0.4, 0.5) is 8.78 Å². The first-order chi connectivity index (χ1) is 9.66. The van der Waals surface area contributed by atoms with Gasteiger partial charge in [0.2, 0.25) is 0 Å². The van der Waals surface area contributed by atoms with E-state index in [4.69, 9.17) is 0 Å². The Bertz CT molecular complexity index is 581. The lowest BCUT2D eigenvalue weighted by atomic mass is 10.2. The minimum absolute atomic E-state index is 0.0196. The van der Waals surface area contributed by atoms with E-state index in [1.54, 1.807) is 18.5 Å². The van der Waals surface area contributed by atoms with E-state index in [1.165, 1.54) is 18.3 Å². The number of nitrogens with one attached hydrogen (secondary N) is 1. The highest BCUT2D eigenvalue weighted by Crippen LogP contribution is 2.26. The molecule has 20 heavy (non-hydrogen) atoms. The van der Waals surface area contributed by atoms with E-state index in [1.807, 2.05) is 6.07 Å². The topological polar surface area (TPSA) is 54.9 Å². The molecule has 0 unspecified atom stereocenters. The standard InChI is InChI=1S/C13H11F2N3OS/c14-13(15)20-12-10(4-2-6-17-12)11(19)18-8-9-3-1-5-16-7-9/h1-7,13H,8H2,(H,18,19). The molecule has 2 heterocycles. The fourth-order valence-electron chi connectivity index (χ4n) is 1.52. The highest BCUT2D eigenvalue weighted by atomic mass is 32.2. The Balaban J connectivity index is 2.05. The predicted molar refractivity (Wildman–Crippen MR) is 71.5 cm³/mol. The average molecular weight is 295 g/mol. The van der Waals surface area contributed by atoms with Crippen LogP contribution in [0.2, 0.25) is 0 Å². The predicted octanol–water partition coefficient (Wildman–Crippen LogP) is 2.72. The van der Waals surface area contributed by atoms with Crippen molar-refractivity contribution in [1.82, 2.24) is 15.3 Å². The summed E-state index contributed by atoms with van der Waals surface area (Å²) in [5.41, 5.74) is 0.967. The Kier molecular flexibility index (Phi) is 5.00. The summed E-state index contributed by atoms with van der Waals surface area (Å²) in [5, 5.41) is 2.67. The van der Waals surface area contributed by atoms with Gasteiger partial charge in [-0.15, -0.1) is 0 Å². The van der Waals surface area contributed by atoms with Crippen LogP contribution in [0, 0.1) is 0 Å². The fraction of sp³-hybridized carbons (Fsp3) is 0.154. The van der Waals surface area contributed by atoms with Crippen LogP contribution in [0.15, 0.2) is 47.9 Å². The summed E-state index contributed by atoms with van der Waals surface area (Å²) >= 11 is 0.257. The summed E-state index contributed by atoms with van der Waals surface area (Å²) in [6, 6.07) is 6.57. The molecule has 0 radical (unpaired) electrons. The first-order valence-electron chi connectivity index (χ1n) is 5.74. The minimum atomic E-state index is -2.62. The Labute approximate surface area is 118 Å². The van der Waals surface area contributed by atoms with Gasteiger partial charge in [0.25, 0.3) is 11.7 Å². The molecule has 2 rings (SSSR count). The van der Waals surface area contributed by atoms with Gasteiger partial charge in [-0.3, -0.25) is 9.78 Å². The SMILES string of the molecule is O=C(NCc1cccnc1)c1cccnc1SC(F)F. The first-order valence-corrected chi connectivity index (χ1v) is 6.61. The van der Waals surface area contributed by atoms with E-state index in [9.17, 15) is 13.6 Å². The van der Waals surface area contributed by atoms with Crippen LogP contribution < -0.4 is 5.32 Å². The van der Waals surface area contributed by atoms with E-state index in [0.717, 1.165) is 5.56 Å². The van der Waals surface area contributed by atoms with Crippen LogP contribution in [-0.2, 0) is 6.54 Å². The summed E-state index contributed by atoms with van der Waals surface area (Å²) in [6.45, 7) is 0.278. The molecule has 0 aliphatic heterocycles. The lowest BCUT2D eigenvalue weighted by Gasteiger charge is -2.08. The number of nitrogens with zero attached hydrogens (tertiary/aromatic N) is 2. The monoisotopic (exact) mass is 295 g/mol. The number of halogens is 2. The summed E-state index contributed by atoms with van der Waals surface area (Å²) in [6.07, 6.45) is 4.63. The number of pyridine rings is 2. The van der Waals surface area contributed by atoms with Crippen LogP contribution >= 0.6 is 11.8 Å². The second-order valence-corrected chi connectivity index (χ2v) is 4.76. The van der Waals surface area contributed by atoms with Gasteiger partial charge >= 0.3 is 0 Å². The number of amides is 1. The maximum Gasteiger partial charge on any atom is 0.290 e. The summed E-state index contributed by atoms with van der Waals surface area (Å²) < 4.78 is 24.8. The van der Waals surface area contributed by atoms with Crippen molar-refractivity contribution in [3.8, 4) is 0 Å². The van der Waals surface area contributed by atoms with Crippen molar-refractivity contribution in [3.05, 3.63) is 54.0 Å². The van der Waals surface area contributed by atoms with Crippen LogP contribution in [0.1, 0.15) is 15.9 Å². The molecule has 2 aromatic rings. The van der Waals surface area contributed by atoms with E-state index >= 15 is 0 Å². The van der Waals surface area contributed by atoms with E-state index in [-0.39, 0.29) is 28.9 Å². The number of alkyl halides is 2. The maximum absolute atomic E-state index is 12.4. The van der Waals surface area contributed by atoms with Gasteiger partial charge in [-0.25, -0.2) is 4.98 Å². The van der Waals surface area contributed by atoms with Crippen LogP contribution in [-0.4, -0.2) is 21.6 Å². The van der Waals surface area contributed by atoms with E-state index in [0.29, 0.717) is 0 Å². The van der Waals surface area contributed by atoms with Gasteiger partial charge in [0.15, 0.2) is 0 Å². The molecule has 1 N–H and O–H groups in total. The molecule has 0 fully saturated rings. The molecule has 0 aliphatic carbocycles. The van der Waals surface area contributed by atoms with Crippen molar-refractivity contribution in [2.24, 2.45) is 0 Å². The summed E-state index contributed by atoms with van der Waals surface area (Å²) in [5.74, 6) is -3.06. The number of aromatic nitrogens is 2. The van der Waals surface area contributed by atoms with Crippen molar-refractivity contribution in [1.29, 1.82) is 0 Å². The molecule has 0 aliphatic rings. The van der Waals surface area contributed by atoms with Crippen LogP contribution in [0.25, 0.3) is 0 Å². The molecule has 7 heteroatoms. The third-order valence-corrected chi connectivity index (χ3v) is 3.12. The van der Waals surface area contributed by atoms with E-state index in [2.05, 4.69) is 15.3 Å². The molecule has 0 spiro atoms. The van der Waals surface area contributed by atoms with Gasteiger partial charge in [0.1, 0.15) is 5.03 Å². The molecule has 0 saturated carbocycles. The van der Waals surface area contributed by atoms with Crippen molar-refractivity contribution in [2.45, 2.75) is 17.3 Å². The Hall–Kier alpha value is -2.02. The number of carbonyl (C=O) groups is 1. The number of carbonyl (C=O) groups excluding carboxylic acids is 1. The van der Waals surface area contributed by atoms with Crippen LogP contribution in [0.3, 0.4) is 0 Å². The lowest BCUT2D eigenvalue weighted by molar-refractivity contribution is 0.0947. The Morgan fingerprint density at radius 1 is 1.30 bits per heavy atom. The second kappa shape index (κ2) is 6.95. The van der Waals surface area contributed by atoms with Gasteiger partial charge in [-0.05, 0) is 35.5 Å². The number of rotatable bonds is 5. The average Bonchev–Trinajstić information content (AvgIpc) is 2.46. The van der Waals surface area contributed by atoms with E-state index < -0.39 is 11.7 Å². The Morgan fingerprint density at radius 2 is 2.10 bits per heavy atom. The van der Waals surface area contributed by atoms with Gasteiger partial charge in [-0.1, -0.05) is 6.07 Å². The highest BCUT2D eigenvalue weighted by molar-refractivity contribution is 7.99. The normalized spacial score (nSPS) is 10.6. The molecule has 0 bridgehead atoms. The molecule has 104 valence electrons. The van der Waals surface area contributed by atoms with Gasteiger partial charge in [0, 0.05) is 25.1 Å². The minimum Gasteiger partial charge on any atom is -0.348 e. The molecule has 0 atom stereocenters. The molecule has 1 amide bonds. The smallest absolute Gasteiger partial charge is 0.290 e. The number of hydrogen-bond acceptors (Lipinski definition) is 4. The molecule has 4 nitrogen and oxygen atoms in total.